The van der Waals surface area contributed by atoms with Gasteiger partial charge in [0, 0.05) is 26.6 Å². The highest BCUT2D eigenvalue weighted by Gasteiger charge is 2.33. The van der Waals surface area contributed by atoms with Crippen molar-refractivity contribution in [1.82, 2.24) is 9.80 Å². The molecule has 0 rings (SSSR count). The van der Waals surface area contributed by atoms with Crippen molar-refractivity contribution in [1.29, 1.82) is 0 Å². The number of carbonyl (C=O) groups is 2. The summed E-state index contributed by atoms with van der Waals surface area (Å²) in [6.45, 7) is 0.523. The highest BCUT2D eigenvalue weighted by atomic mass is 19.4. The molecule has 0 aliphatic carbocycles. The summed E-state index contributed by atoms with van der Waals surface area (Å²) in [4.78, 5) is 23.9. The van der Waals surface area contributed by atoms with Gasteiger partial charge in [0.1, 0.15) is 6.54 Å². The fraction of sp³-hybridized carbons (Fsp3) is 0.818. The Morgan fingerprint density at radius 2 is 1.79 bits per heavy atom. The predicted molar refractivity (Wildman–Crippen MR) is 62.8 cm³/mol. The summed E-state index contributed by atoms with van der Waals surface area (Å²) in [7, 11) is 1.36. The first-order valence-corrected chi connectivity index (χ1v) is 5.96. The first kappa shape index (κ1) is 17.5. The second-order valence-corrected chi connectivity index (χ2v) is 4.24. The van der Waals surface area contributed by atoms with Gasteiger partial charge in [-0.05, 0) is 12.8 Å². The summed E-state index contributed by atoms with van der Waals surface area (Å²) < 4.78 is 37.0. The van der Waals surface area contributed by atoms with Gasteiger partial charge in [-0.15, -0.1) is 0 Å². The van der Waals surface area contributed by atoms with Gasteiger partial charge < -0.3 is 14.9 Å². The first-order chi connectivity index (χ1) is 8.67. The van der Waals surface area contributed by atoms with Crippen molar-refractivity contribution in [3.05, 3.63) is 0 Å². The maximum Gasteiger partial charge on any atom is 0.406 e. The van der Waals surface area contributed by atoms with Crippen molar-refractivity contribution in [2.45, 2.75) is 32.4 Å². The molecular weight excluding hydrogens is 265 g/mol. The Labute approximate surface area is 110 Å². The standard InChI is InChI=1S/C11H19F3N2O3/c1-3-6-16(8-11(12,13)14)10(19)15(2)7-4-5-9(17)18/h3-8H2,1-2H3,(H,17,18). The van der Waals surface area contributed by atoms with Crippen LogP contribution in [-0.2, 0) is 4.79 Å². The Balaban J connectivity index is 4.40. The second-order valence-electron chi connectivity index (χ2n) is 4.24. The zero-order chi connectivity index (χ0) is 15.1. The topological polar surface area (TPSA) is 60.9 Å². The van der Waals surface area contributed by atoms with Crippen LogP contribution in [0.3, 0.4) is 0 Å². The van der Waals surface area contributed by atoms with Gasteiger partial charge in [0.05, 0.1) is 0 Å². The Morgan fingerprint density at radius 1 is 1.21 bits per heavy atom. The third-order valence-electron chi connectivity index (χ3n) is 2.34. The van der Waals surface area contributed by atoms with E-state index in [2.05, 4.69) is 0 Å². The molecule has 0 aliphatic heterocycles. The third-order valence-corrected chi connectivity index (χ3v) is 2.34. The van der Waals surface area contributed by atoms with E-state index in [-0.39, 0.29) is 25.9 Å². The van der Waals surface area contributed by atoms with E-state index in [9.17, 15) is 22.8 Å². The van der Waals surface area contributed by atoms with Crippen LogP contribution in [-0.4, -0.2) is 59.8 Å². The van der Waals surface area contributed by atoms with Gasteiger partial charge in [0.15, 0.2) is 0 Å². The number of carbonyl (C=O) groups excluding carboxylic acids is 1. The van der Waals surface area contributed by atoms with Crippen LogP contribution in [0, 0.1) is 0 Å². The molecule has 0 saturated carbocycles. The van der Waals surface area contributed by atoms with Gasteiger partial charge >= 0.3 is 18.2 Å². The molecule has 0 atom stereocenters. The lowest BCUT2D eigenvalue weighted by molar-refractivity contribution is -0.140. The van der Waals surface area contributed by atoms with E-state index >= 15 is 0 Å². The highest BCUT2D eigenvalue weighted by molar-refractivity contribution is 5.74. The van der Waals surface area contributed by atoms with Crippen LogP contribution in [0.5, 0.6) is 0 Å². The normalized spacial score (nSPS) is 11.2. The molecule has 0 radical (unpaired) electrons. The van der Waals surface area contributed by atoms with Crippen molar-refractivity contribution in [2.24, 2.45) is 0 Å². The van der Waals surface area contributed by atoms with Crippen molar-refractivity contribution in [2.75, 3.05) is 26.7 Å². The first-order valence-electron chi connectivity index (χ1n) is 5.96. The molecule has 0 aromatic rings. The van der Waals surface area contributed by atoms with Gasteiger partial charge in [0.2, 0.25) is 0 Å². The molecule has 0 aliphatic rings. The van der Waals surface area contributed by atoms with Gasteiger partial charge in [-0.2, -0.15) is 13.2 Å². The lowest BCUT2D eigenvalue weighted by Gasteiger charge is -2.28. The van der Waals surface area contributed by atoms with E-state index in [0.29, 0.717) is 6.42 Å². The number of nitrogens with zero attached hydrogens (tertiary/aromatic N) is 2. The molecule has 1 N–H and O–H groups in total. The minimum atomic E-state index is -4.44. The maximum absolute atomic E-state index is 12.3. The van der Waals surface area contributed by atoms with Gasteiger partial charge in [-0.25, -0.2) is 4.79 Å². The summed E-state index contributed by atoms with van der Waals surface area (Å²) in [6, 6.07) is -0.732. The molecule has 0 unspecified atom stereocenters. The molecule has 8 heteroatoms. The number of alkyl halides is 3. The zero-order valence-electron chi connectivity index (χ0n) is 11.0. The highest BCUT2D eigenvalue weighted by Crippen LogP contribution is 2.17. The quantitative estimate of drug-likeness (QED) is 0.779. The Kier molecular flexibility index (Phi) is 7.25. The number of aliphatic carboxylic acids is 1. The molecule has 2 amide bonds. The molecule has 19 heavy (non-hydrogen) atoms. The summed E-state index contributed by atoms with van der Waals surface area (Å²) in [6.07, 6.45) is -3.92. The van der Waals surface area contributed by atoms with Gasteiger partial charge in [0.25, 0.3) is 0 Å². The van der Waals surface area contributed by atoms with E-state index < -0.39 is 24.7 Å². The number of amides is 2. The second kappa shape index (κ2) is 7.85. The number of carboxylic acids is 1. The molecule has 0 fully saturated rings. The van der Waals surface area contributed by atoms with Gasteiger partial charge in [-0.1, -0.05) is 6.92 Å². The van der Waals surface area contributed by atoms with Crippen molar-refractivity contribution in [3.8, 4) is 0 Å². The summed E-state index contributed by atoms with van der Waals surface area (Å²) in [5, 5.41) is 8.45. The number of hydrogen-bond acceptors (Lipinski definition) is 2. The van der Waals surface area contributed by atoms with E-state index in [1.54, 1.807) is 6.92 Å². The third kappa shape index (κ3) is 8.28. The van der Waals surface area contributed by atoms with E-state index in [1.165, 1.54) is 7.05 Å². The molecule has 0 aromatic carbocycles. The monoisotopic (exact) mass is 284 g/mol. The summed E-state index contributed by atoms with van der Waals surface area (Å²) >= 11 is 0. The minimum Gasteiger partial charge on any atom is -0.481 e. The van der Waals surface area contributed by atoms with Crippen LogP contribution in [0.15, 0.2) is 0 Å². The van der Waals surface area contributed by atoms with Crippen LogP contribution in [0.1, 0.15) is 26.2 Å². The number of hydrogen-bond donors (Lipinski definition) is 1. The molecule has 0 spiro atoms. The van der Waals surface area contributed by atoms with E-state index in [1.807, 2.05) is 0 Å². The molecule has 5 nitrogen and oxygen atoms in total. The average molecular weight is 284 g/mol. The molecule has 0 saturated heterocycles. The number of urea groups is 1. The number of rotatable bonds is 7. The van der Waals surface area contributed by atoms with Crippen molar-refractivity contribution < 1.29 is 27.9 Å². The maximum atomic E-state index is 12.3. The van der Waals surface area contributed by atoms with E-state index in [0.717, 1.165) is 9.80 Å². The van der Waals surface area contributed by atoms with Crippen molar-refractivity contribution in [3.63, 3.8) is 0 Å². The SMILES string of the molecule is CCCN(CC(F)(F)F)C(=O)N(C)CCCC(=O)O. The van der Waals surface area contributed by atoms with E-state index in [4.69, 9.17) is 5.11 Å². The van der Waals surface area contributed by atoms with Crippen LogP contribution in [0.25, 0.3) is 0 Å². The molecule has 0 heterocycles. The molecular formula is C11H19F3N2O3. The fourth-order valence-corrected chi connectivity index (χ4v) is 1.53. The Morgan fingerprint density at radius 3 is 2.21 bits per heavy atom. The lowest BCUT2D eigenvalue weighted by Crippen LogP contribution is -2.46. The number of carboxylic acid groups (broad SMARTS) is 1. The van der Waals surface area contributed by atoms with Gasteiger partial charge in [-0.3, -0.25) is 4.79 Å². The smallest absolute Gasteiger partial charge is 0.406 e. The van der Waals surface area contributed by atoms with Crippen LogP contribution >= 0.6 is 0 Å². The molecule has 0 aromatic heterocycles. The van der Waals surface area contributed by atoms with Crippen molar-refractivity contribution >= 4 is 12.0 Å². The summed E-state index contributed by atoms with van der Waals surface area (Å²) in [5.41, 5.74) is 0. The van der Waals surface area contributed by atoms with Crippen LogP contribution in [0.2, 0.25) is 0 Å². The average Bonchev–Trinajstić information content (AvgIpc) is 2.25. The number of halogens is 3. The summed E-state index contributed by atoms with van der Waals surface area (Å²) in [5.74, 6) is -0.999. The fourth-order valence-electron chi connectivity index (χ4n) is 1.53. The predicted octanol–water partition coefficient (Wildman–Crippen LogP) is 2.18. The molecule has 112 valence electrons. The Bertz CT molecular complexity index is 308. The zero-order valence-corrected chi connectivity index (χ0v) is 11.0. The minimum absolute atomic E-state index is 0.0155. The largest absolute Gasteiger partial charge is 0.481 e. The Hall–Kier alpha value is -1.47. The lowest BCUT2D eigenvalue weighted by atomic mass is 10.3. The molecule has 0 bridgehead atoms. The van der Waals surface area contributed by atoms with Crippen LogP contribution < -0.4 is 0 Å². The van der Waals surface area contributed by atoms with Crippen LogP contribution in [0.4, 0.5) is 18.0 Å².